The van der Waals surface area contributed by atoms with Crippen molar-refractivity contribution in [2.45, 2.75) is 24.5 Å². The third-order valence-electron chi connectivity index (χ3n) is 2.93. The fourth-order valence-corrected chi connectivity index (χ4v) is 2.54. The molecule has 8 heteroatoms. The number of anilines is 1. The van der Waals surface area contributed by atoms with Crippen molar-refractivity contribution in [1.29, 1.82) is 1.43 Å². The van der Waals surface area contributed by atoms with E-state index in [1.54, 1.807) is 6.07 Å². The molecule has 0 fully saturated rings. The van der Waals surface area contributed by atoms with Crippen LogP contribution in [-0.4, -0.2) is 26.0 Å². The summed E-state index contributed by atoms with van der Waals surface area (Å²) in [7, 11) is -5.04. The Morgan fingerprint density at radius 3 is 2.96 bits per heavy atom. The van der Waals surface area contributed by atoms with Crippen LogP contribution in [0.25, 0.3) is 1.43 Å². The highest BCUT2D eigenvalue weighted by atomic mass is 32.2. The number of carbonyl (C=O) groups is 1. The number of benzene rings is 2. The van der Waals surface area contributed by atoms with Gasteiger partial charge in [-0.3, -0.25) is 0 Å². The minimum absolute atomic E-state index is 0.0123. The molecule has 0 aromatic heterocycles. The lowest BCUT2D eigenvalue weighted by atomic mass is 10.1. The summed E-state index contributed by atoms with van der Waals surface area (Å²) in [5, 5.41) is 3.30. The highest BCUT2D eigenvalue weighted by molar-refractivity contribution is 7.89. The molecule has 0 atom stereocenters. The van der Waals surface area contributed by atoms with Gasteiger partial charge in [0.1, 0.15) is 13.5 Å². The lowest BCUT2D eigenvalue weighted by molar-refractivity contribution is 0.0696. The van der Waals surface area contributed by atoms with Crippen molar-refractivity contribution in [3.63, 3.8) is 0 Å². The Morgan fingerprint density at radius 2 is 2.28 bits per heavy atom. The second-order valence-electron chi connectivity index (χ2n) is 4.62. The van der Waals surface area contributed by atoms with E-state index in [2.05, 4.69) is 5.11 Å². The maximum Gasteiger partial charge on any atom is 0.335 e. The van der Waals surface area contributed by atoms with E-state index in [9.17, 15) is 13.2 Å². The summed E-state index contributed by atoms with van der Waals surface area (Å²) in [5.41, 5.74) is -1.36. The average molecular weight is 375 g/mol. The number of hydrogen-bond acceptors (Lipinski definition) is 6. The number of hydrogen-bond donors (Lipinski definition) is 3. The normalized spacial score (nSPS) is 19.2. The number of primary sulfonamides is 1. The van der Waals surface area contributed by atoms with Gasteiger partial charge in [0.2, 0.25) is 10.0 Å². The van der Waals surface area contributed by atoms with Gasteiger partial charge in [-0.15, -0.1) is 0 Å². The molecule has 0 aliphatic carbocycles. The van der Waals surface area contributed by atoms with Crippen LogP contribution >= 0.6 is 0 Å². The van der Waals surface area contributed by atoms with Crippen molar-refractivity contribution in [3.05, 3.63) is 48.0 Å². The fraction of sp³-hybridized carbons (Fsp3) is 0.235. The Bertz CT molecular complexity index is 1210. The summed E-state index contributed by atoms with van der Waals surface area (Å²) in [6, 6.07) is 8.72. The second-order valence-corrected chi connectivity index (χ2v) is 6.01. The monoisotopic (exact) mass is 375 g/mol. The minimum Gasteiger partial charge on any atom is -0.478 e. The van der Waals surface area contributed by atoms with Gasteiger partial charge in [-0.25, -0.2) is 18.3 Å². The van der Waals surface area contributed by atoms with Gasteiger partial charge < -0.3 is 15.2 Å². The van der Waals surface area contributed by atoms with Crippen molar-refractivity contribution in [2.24, 2.45) is 5.13 Å². The van der Waals surface area contributed by atoms with Gasteiger partial charge in [-0.1, -0.05) is 31.4 Å². The first-order chi connectivity index (χ1) is 16.4. The topological polar surface area (TPSA) is 119 Å². The lowest BCUT2D eigenvalue weighted by Gasteiger charge is -2.17. The number of aromatic carboxylic acids is 1. The first-order valence-corrected chi connectivity index (χ1v) is 8.19. The third-order valence-corrected chi connectivity index (χ3v) is 3.79. The summed E-state index contributed by atoms with van der Waals surface area (Å²) in [6.45, 7) is -4.74. The van der Waals surface area contributed by atoms with Crippen LogP contribution in [0.4, 0.5) is 5.69 Å². The summed E-state index contributed by atoms with van der Waals surface area (Å²) in [6.07, 6.45) is -6.70. The van der Waals surface area contributed by atoms with E-state index >= 15 is 0 Å². The molecule has 2 rings (SSSR count). The van der Waals surface area contributed by atoms with Crippen LogP contribution in [-0.2, 0) is 10.0 Å². The quantitative estimate of drug-likeness (QED) is 0.620. The van der Waals surface area contributed by atoms with Gasteiger partial charge in [0.05, 0.1) is 11.3 Å². The Hall–Kier alpha value is -2.58. The molecule has 134 valence electrons. The SMILES string of the molecule is [2H]OC(=O)c1cc(N([2H])CC([2H])([2H])C([2H])([2H])C([2H])([2H])[2H])c(Oc2ccccc2)c(S(=O)(=O)N([2H])[2H])c1. The highest BCUT2D eigenvalue weighted by Gasteiger charge is 2.23. The van der Waals surface area contributed by atoms with Gasteiger partial charge in [0, 0.05) is 16.1 Å². The summed E-state index contributed by atoms with van der Waals surface area (Å²) >= 11 is 0. The van der Waals surface area contributed by atoms with Crippen LogP contribution in [0.3, 0.4) is 0 Å². The average Bonchev–Trinajstić information content (AvgIpc) is 2.77. The molecule has 0 aliphatic rings. The molecule has 2 aromatic rings. The van der Waals surface area contributed by atoms with E-state index in [-0.39, 0.29) is 11.1 Å². The van der Waals surface area contributed by atoms with Gasteiger partial charge in [0.25, 0.3) is 1.43 Å². The number of nitrogens with one attached hydrogen (secondary N) is 1. The zero-order valence-electron chi connectivity index (χ0n) is 23.6. The first-order valence-electron chi connectivity index (χ1n) is 12.0. The number of ether oxygens (including phenoxy) is 1. The van der Waals surface area contributed by atoms with Crippen LogP contribution in [0.15, 0.2) is 47.4 Å². The van der Waals surface area contributed by atoms with E-state index in [1.165, 1.54) is 24.3 Å². The molecule has 0 aliphatic heterocycles. The third kappa shape index (κ3) is 4.94. The standard InChI is InChI=1S/C17H20N2O5S/c1-2-3-9-19-14-10-12(17(20)21)11-15(25(18,22)23)16(14)24-13-7-5-4-6-8-13/h4-8,10-11,19H,2-3,9H2,1H3,(H,20,21)(H2,18,22,23)/i1D3,2D2,3D2/hD4. The Balaban J connectivity index is 2.82. The van der Waals surface area contributed by atoms with E-state index in [1.807, 2.05) is 0 Å². The zero-order chi connectivity index (χ0) is 27.7. The predicted octanol–water partition coefficient (Wildman–Crippen LogP) is 3.04. The zero-order valence-corrected chi connectivity index (χ0v) is 13.4. The summed E-state index contributed by atoms with van der Waals surface area (Å²) < 4.78 is 114. The molecular formula is C17H20N2O5S. The first kappa shape index (κ1) is 8.68. The Kier molecular flexibility index (Phi) is 2.78. The molecule has 0 radical (unpaired) electrons. The molecule has 7 nitrogen and oxygen atoms in total. The number of para-hydroxylation sites is 1. The van der Waals surface area contributed by atoms with Crippen LogP contribution in [0.5, 0.6) is 11.5 Å². The van der Waals surface area contributed by atoms with Crippen molar-refractivity contribution in [2.75, 3.05) is 11.9 Å². The molecule has 0 spiro atoms. The smallest absolute Gasteiger partial charge is 0.335 e. The number of rotatable bonds is 9. The molecular weight excluding hydrogens is 344 g/mol. The maximum absolute atomic E-state index is 12.7. The van der Waals surface area contributed by atoms with E-state index in [0.717, 1.165) is 6.07 Å². The van der Waals surface area contributed by atoms with Gasteiger partial charge >= 0.3 is 5.97 Å². The molecule has 25 heavy (non-hydrogen) atoms. The minimum atomic E-state index is -5.04. The molecule has 0 unspecified atom stereocenters. The molecule has 2 aromatic carbocycles. The number of carboxylic acids is 1. The van der Waals surface area contributed by atoms with E-state index in [4.69, 9.17) is 20.0 Å². The highest BCUT2D eigenvalue weighted by Crippen LogP contribution is 2.37. The van der Waals surface area contributed by atoms with Crippen LogP contribution in [0, 0.1) is 0 Å². The number of carboxylic acid groups (broad SMARTS) is 1. The fourth-order valence-electron chi connectivity index (χ4n) is 1.89. The van der Waals surface area contributed by atoms with E-state index < -0.39 is 69.2 Å². The lowest BCUT2D eigenvalue weighted by Crippen LogP contribution is -2.16. The molecule has 0 heterocycles. The van der Waals surface area contributed by atoms with Crippen molar-refractivity contribution >= 4 is 21.7 Å². The van der Waals surface area contributed by atoms with Gasteiger partial charge in [-0.05, 0) is 30.6 Å². The predicted molar refractivity (Wildman–Crippen MR) is 94.7 cm³/mol. The molecule has 0 bridgehead atoms. The van der Waals surface area contributed by atoms with E-state index in [0.29, 0.717) is 6.07 Å². The number of nitrogens with two attached hydrogens (primary N) is 1. The van der Waals surface area contributed by atoms with Crippen molar-refractivity contribution in [3.8, 4) is 11.5 Å². The Labute approximate surface area is 162 Å². The van der Waals surface area contributed by atoms with Crippen molar-refractivity contribution < 1.29 is 36.9 Å². The van der Waals surface area contributed by atoms with Gasteiger partial charge in [0.15, 0.2) is 7.16 Å². The summed E-state index contributed by atoms with van der Waals surface area (Å²) in [4.78, 5) is 11.0. The summed E-state index contributed by atoms with van der Waals surface area (Å²) in [5.74, 6) is -2.19. The largest absolute Gasteiger partial charge is 0.478 e. The number of sulfonamides is 1. The molecule has 0 saturated carbocycles. The molecule has 0 amide bonds. The van der Waals surface area contributed by atoms with Crippen LogP contribution in [0.2, 0.25) is 4.24 Å². The maximum atomic E-state index is 12.7. The van der Waals surface area contributed by atoms with Gasteiger partial charge in [-0.2, -0.15) is 0 Å². The Morgan fingerprint density at radius 1 is 1.48 bits per heavy atom. The van der Waals surface area contributed by atoms with Crippen LogP contribution < -0.4 is 15.2 Å². The second kappa shape index (κ2) is 8.00. The molecule has 4 N–H and O–H groups in total. The van der Waals surface area contributed by atoms with Crippen molar-refractivity contribution in [1.82, 2.24) is 0 Å². The van der Waals surface area contributed by atoms with Crippen LogP contribution in [0.1, 0.15) is 39.6 Å². The molecule has 0 saturated heterocycles.